The lowest BCUT2D eigenvalue weighted by Gasteiger charge is -2.29. The number of anilines is 1. The first-order valence-corrected chi connectivity index (χ1v) is 10.7. The Hall–Kier alpha value is -3.76. The number of rotatable bonds is 7. The Morgan fingerprint density at radius 2 is 2.09 bits per heavy atom. The molecule has 1 fully saturated rings. The number of hydrogen-bond acceptors (Lipinski definition) is 5. The lowest BCUT2D eigenvalue weighted by atomic mass is 10.1. The summed E-state index contributed by atoms with van der Waals surface area (Å²) in [5.41, 5.74) is 3.96. The highest BCUT2D eigenvalue weighted by atomic mass is 16.5. The molecule has 1 saturated heterocycles. The van der Waals surface area contributed by atoms with Gasteiger partial charge in [-0.25, -0.2) is 0 Å². The number of fused-ring (bicyclic) bond motifs is 1. The molecule has 0 spiro atoms. The molecule has 32 heavy (non-hydrogen) atoms. The fourth-order valence-corrected chi connectivity index (χ4v) is 3.89. The molecule has 0 atom stereocenters. The molecule has 2 aromatic carbocycles. The van der Waals surface area contributed by atoms with E-state index >= 15 is 0 Å². The van der Waals surface area contributed by atoms with Crippen LogP contribution in [0.5, 0.6) is 5.75 Å². The number of hydrogen-bond donors (Lipinski definition) is 2. The molecule has 1 aliphatic rings. The van der Waals surface area contributed by atoms with Gasteiger partial charge >= 0.3 is 0 Å². The van der Waals surface area contributed by atoms with E-state index in [-0.39, 0.29) is 5.57 Å². The van der Waals surface area contributed by atoms with E-state index in [4.69, 9.17) is 9.47 Å². The van der Waals surface area contributed by atoms with Crippen molar-refractivity contribution >= 4 is 28.6 Å². The van der Waals surface area contributed by atoms with Crippen LogP contribution >= 0.6 is 0 Å². The minimum Gasteiger partial charge on any atom is -0.496 e. The smallest absolute Gasteiger partial charge is 0.261 e. The van der Waals surface area contributed by atoms with E-state index in [9.17, 15) is 10.1 Å². The van der Waals surface area contributed by atoms with Gasteiger partial charge in [0.25, 0.3) is 5.91 Å². The molecular formula is C25H26N4O3. The van der Waals surface area contributed by atoms with Gasteiger partial charge in [-0.3, -0.25) is 4.79 Å². The van der Waals surface area contributed by atoms with Crippen LogP contribution in [-0.2, 0) is 16.0 Å². The van der Waals surface area contributed by atoms with Gasteiger partial charge in [-0.2, -0.15) is 5.26 Å². The lowest BCUT2D eigenvalue weighted by Crippen LogP contribution is -2.36. The summed E-state index contributed by atoms with van der Waals surface area (Å²) in [5, 5.41) is 13.5. The minimum atomic E-state index is -0.397. The second-order valence-corrected chi connectivity index (χ2v) is 7.56. The van der Waals surface area contributed by atoms with Crippen molar-refractivity contribution in [3.05, 3.63) is 65.4 Å². The quantitative estimate of drug-likeness (QED) is 0.444. The van der Waals surface area contributed by atoms with Gasteiger partial charge in [0.15, 0.2) is 0 Å². The first kappa shape index (κ1) is 21.5. The molecule has 2 N–H and O–H groups in total. The molecule has 3 aromatic rings. The Morgan fingerprint density at radius 3 is 2.88 bits per heavy atom. The van der Waals surface area contributed by atoms with Crippen molar-refractivity contribution in [1.82, 2.24) is 10.3 Å². The highest BCUT2D eigenvalue weighted by Gasteiger charge is 2.15. The molecule has 0 unspecified atom stereocenters. The minimum absolute atomic E-state index is 0.0429. The average molecular weight is 431 g/mol. The largest absolute Gasteiger partial charge is 0.496 e. The van der Waals surface area contributed by atoms with Crippen LogP contribution in [0.15, 0.2) is 54.2 Å². The summed E-state index contributed by atoms with van der Waals surface area (Å²) in [6.07, 6.45) is 4.20. The maximum absolute atomic E-state index is 12.6. The summed E-state index contributed by atoms with van der Waals surface area (Å²) >= 11 is 0. The van der Waals surface area contributed by atoms with Crippen molar-refractivity contribution < 1.29 is 14.3 Å². The Bertz CT molecular complexity index is 1170. The topological polar surface area (TPSA) is 90.4 Å². The first-order chi connectivity index (χ1) is 15.7. The summed E-state index contributed by atoms with van der Waals surface area (Å²) in [6, 6.07) is 15.8. The fraction of sp³-hybridized carbons (Fsp3) is 0.280. The normalized spacial score (nSPS) is 14.2. The van der Waals surface area contributed by atoms with E-state index in [1.165, 1.54) is 0 Å². The van der Waals surface area contributed by atoms with Crippen LogP contribution < -0.4 is 15.0 Å². The molecule has 0 bridgehead atoms. The van der Waals surface area contributed by atoms with Gasteiger partial charge < -0.3 is 24.7 Å². The van der Waals surface area contributed by atoms with Crippen LogP contribution in [0.4, 0.5) is 5.69 Å². The zero-order chi connectivity index (χ0) is 22.3. The Morgan fingerprint density at radius 1 is 1.28 bits per heavy atom. The van der Waals surface area contributed by atoms with Crippen LogP contribution in [0.25, 0.3) is 17.0 Å². The van der Waals surface area contributed by atoms with Gasteiger partial charge in [0, 0.05) is 54.1 Å². The van der Waals surface area contributed by atoms with Crippen molar-refractivity contribution in [3.63, 3.8) is 0 Å². The van der Waals surface area contributed by atoms with Crippen molar-refractivity contribution in [2.24, 2.45) is 0 Å². The van der Waals surface area contributed by atoms with Gasteiger partial charge in [0.1, 0.15) is 17.4 Å². The molecule has 7 nitrogen and oxygen atoms in total. The van der Waals surface area contributed by atoms with Crippen LogP contribution in [0, 0.1) is 11.3 Å². The average Bonchev–Trinajstić information content (AvgIpc) is 3.26. The van der Waals surface area contributed by atoms with E-state index in [1.54, 1.807) is 13.2 Å². The zero-order valence-corrected chi connectivity index (χ0v) is 18.1. The number of H-pyrrole nitrogens is 1. The van der Waals surface area contributed by atoms with Crippen LogP contribution in [0.2, 0.25) is 0 Å². The number of ether oxygens (including phenoxy) is 2. The second-order valence-electron chi connectivity index (χ2n) is 7.56. The number of benzene rings is 2. The Kier molecular flexibility index (Phi) is 6.73. The van der Waals surface area contributed by atoms with Gasteiger partial charge in [-0.1, -0.05) is 18.2 Å². The van der Waals surface area contributed by atoms with Crippen molar-refractivity contribution in [2.75, 3.05) is 44.9 Å². The van der Waals surface area contributed by atoms with Crippen LogP contribution in [0.3, 0.4) is 0 Å². The molecule has 1 amide bonds. The molecule has 7 heteroatoms. The summed E-state index contributed by atoms with van der Waals surface area (Å²) < 4.78 is 10.9. The highest BCUT2D eigenvalue weighted by molar-refractivity contribution is 6.02. The SMILES string of the molecule is COc1cc(N2CCOCC2)ccc1C=C(C#N)C(=O)NCCc1c[nH]c2ccccc12. The van der Waals surface area contributed by atoms with E-state index in [0.717, 1.165) is 35.2 Å². The number of amides is 1. The third-order valence-electron chi connectivity index (χ3n) is 5.61. The highest BCUT2D eigenvalue weighted by Crippen LogP contribution is 2.28. The van der Waals surface area contributed by atoms with Crippen molar-refractivity contribution in [2.45, 2.75) is 6.42 Å². The summed E-state index contributed by atoms with van der Waals surface area (Å²) in [7, 11) is 1.59. The predicted octanol–water partition coefficient (Wildman–Crippen LogP) is 3.28. The molecule has 2 heterocycles. The van der Waals surface area contributed by atoms with E-state index < -0.39 is 5.91 Å². The van der Waals surface area contributed by atoms with Crippen LogP contribution in [-0.4, -0.2) is 50.8 Å². The standard InChI is InChI=1S/C25H26N4O3/c1-31-24-15-21(29-10-12-32-13-11-29)7-6-18(24)14-20(16-26)25(30)27-9-8-19-17-28-23-5-3-2-4-22(19)23/h2-7,14-15,17,28H,8-13H2,1H3,(H,27,30). The Balaban J connectivity index is 1.43. The van der Waals surface area contributed by atoms with Crippen molar-refractivity contribution in [3.8, 4) is 11.8 Å². The Labute approximate surface area is 187 Å². The second kappa shape index (κ2) is 10.0. The number of aromatic nitrogens is 1. The number of methoxy groups -OCH3 is 1. The lowest BCUT2D eigenvalue weighted by molar-refractivity contribution is -0.117. The zero-order valence-electron chi connectivity index (χ0n) is 18.1. The van der Waals surface area contributed by atoms with Crippen molar-refractivity contribution in [1.29, 1.82) is 5.26 Å². The number of para-hydroxylation sites is 1. The molecule has 164 valence electrons. The molecule has 0 aliphatic carbocycles. The molecule has 1 aromatic heterocycles. The monoisotopic (exact) mass is 430 g/mol. The van der Waals surface area contributed by atoms with E-state index in [0.29, 0.717) is 37.5 Å². The van der Waals surface area contributed by atoms with Gasteiger partial charge in [0.2, 0.25) is 0 Å². The molecule has 4 rings (SSSR count). The number of nitriles is 1. The molecular weight excluding hydrogens is 404 g/mol. The maximum Gasteiger partial charge on any atom is 0.261 e. The van der Waals surface area contributed by atoms with E-state index in [2.05, 4.69) is 21.3 Å². The number of carbonyl (C=O) groups is 1. The predicted molar refractivity (Wildman–Crippen MR) is 125 cm³/mol. The van der Waals surface area contributed by atoms with E-state index in [1.807, 2.05) is 48.7 Å². The number of aromatic amines is 1. The number of morpholine rings is 1. The third kappa shape index (κ3) is 4.76. The summed E-state index contributed by atoms with van der Waals surface area (Å²) in [6.45, 7) is 3.47. The number of nitrogens with zero attached hydrogens (tertiary/aromatic N) is 2. The summed E-state index contributed by atoms with van der Waals surface area (Å²) in [4.78, 5) is 18.1. The van der Waals surface area contributed by atoms with Gasteiger partial charge in [-0.05, 0) is 36.3 Å². The molecule has 1 aliphatic heterocycles. The van der Waals surface area contributed by atoms with Gasteiger partial charge in [0.05, 0.1) is 20.3 Å². The fourth-order valence-electron chi connectivity index (χ4n) is 3.89. The molecule has 0 saturated carbocycles. The summed E-state index contributed by atoms with van der Waals surface area (Å²) in [5.74, 6) is 0.222. The van der Waals surface area contributed by atoms with Crippen LogP contribution in [0.1, 0.15) is 11.1 Å². The maximum atomic E-state index is 12.6. The number of nitrogens with one attached hydrogen (secondary N) is 2. The third-order valence-corrected chi connectivity index (χ3v) is 5.61. The first-order valence-electron chi connectivity index (χ1n) is 10.7. The van der Waals surface area contributed by atoms with Gasteiger partial charge in [-0.15, -0.1) is 0 Å². The number of carbonyl (C=O) groups excluding carboxylic acids is 1. The molecule has 0 radical (unpaired) electrons.